The molecule has 3 heterocycles. The minimum Gasteiger partial charge on any atom is -0.396 e. The summed E-state index contributed by atoms with van der Waals surface area (Å²) in [6.45, 7) is 9.34. The molecule has 3 N–H and O–H groups in total. The van der Waals surface area contributed by atoms with Crippen molar-refractivity contribution >= 4 is 40.9 Å². The number of carbonyl (C=O) groups excluding carboxylic acids is 3. The van der Waals surface area contributed by atoms with Crippen molar-refractivity contribution in [3.05, 3.63) is 24.3 Å². The molecule has 2 unspecified atom stereocenters. The van der Waals surface area contributed by atoms with Gasteiger partial charge in [-0.1, -0.05) is 19.8 Å². The summed E-state index contributed by atoms with van der Waals surface area (Å²) in [5.74, 6) is -1.08. The number of nitrogens with one attached hydrogen (secondary N) is 2. The van der Waals surface area contributed by atoms with Gasteiger partial charge < -0.3 is 25.5 Å². The highest BCUT2D eigenvalue weighted by molar-refractivity contribution is 8.02. The van der Waals surface area contributed by atoms with Crippen molar-refractivity contribution in [3.63, 3.8) is 0 Å². The number of thioether (sulfide) groups is 1. The van der Waals surface area contributed by atoms with Gasteiger partial charge in [0, 0.05) is 49.4 Å². The van der Waals surface area contributed by atoms with Gasteiger partial charge in [-0.3, -0.25) is 14.4 Å². The highest BCUT2D eigenvalue weighted by Crippen LogP contribution is 2.66. The van der Waals surface area contributed by atoms with Crippen LogP contribution in [-0.4, -0.2) is 76.6 Å². The van der Waals surface area contributed by atoms with Crippen molar-refractivity contribution < 1.29 is 19.5 Å². The molecule has 3 fully saturated rings. The minimum atomic E-state index is -0.598. The average Bonchev–Trinajstić information content (AvgIpc) is 3.56. The maximum Gasteiger partial charge on any atom is 0.248 e. The number of amides is 3. The van der Waals surface area contributed by atoms with Crippen molar-refractivity contribution in [2.45, 2.75) is 81.8 Å². The van der Waals surface area contributed by atoms with Crippen molar-refractivity contribution in [2.75, 3.05) is 43.0 Å². The Morgan fingerprint density at radius 3 is 2.45 bits per heavy atom. The Bertz CT molecular complexity index is 985. The Hall–Kier alpha value is -2.26. The quantitative estimate of drug-likeness (QED) is 0.309. The number of fused-ring (bicyclic) bond motifs is 1. The average molecular weight is 545 g/mol. The number of benzene rings is 1. The summed E-state index contributed by atoms with van der Waals surface area (Å²) < 4.78 is -0.563. The maximum absolute atomic E-state index is 13.9. The van der Waals surface area contributed by atoms with E-state index in [0.29, 0.717) is 13.1 Å². The molecule has 210 valence electrons. The van der Waals surface area contributed by atoms with Crippen LogP contribution in [0.3, 0.4) is 0 Å². The summed E-state index contributed by atoms with van der Waals surface area (Å²) in [4.78, 5) is 45.1. The summed E-state index contributed by atoms with van der Waals surface area (Å²) in [5.41, 5.74) is 1.83. The molecule has 4 rings (SSSR count). The number of unbranched alkanes of at least 4 members (excludes halogenated alkanes) is 3. The van der Waals surface area contributed by atoms with E-state index in [1.54, 1.807) is 16.7 Å². The molecule has 1 aromatic carbocycles. The van der Waals surface area contributed by atoms with Crippen LogP contribution in [0, 0.1) is 11.8 Å². The molecule has 3 saturated heterocycles. The molecule has 0 aromatic heterocycles. The number of aliphatic hydroxyl groups is 1. The standard InChI is InChI=1S/C29H44N4O4S/c1-4-17-30-26(35)23-22-15-16-29(38-22)24(23)28(37)33(18-9-7-8-10-19-34)25(29)27(36)31-20-11-13-21(14-12-20)32(5-2)6-3/h11-14,22-25,34H,4-10,15-19H2,1-3H3,(H,30,35)(H,31,36)/t22-,23+,24-,25?,29?/m0/s1. The van der Waals surface area contributed by atoms with Crippen LogP contribution in [-0.2, 0) is 14.4 Å². The zero-order chi connectivity index (χ0) is 27.3. The number of nitrogens with zero attached hydrogens (tertiary/aromatic N) is 2. The van der Waals surface area contributed by atoms with Crippen LogP contribution in [0.5, 0.6) is 0 Å². The predicted molar refractivity (Wildman–Crippen MR) is 153 cm³/mol. The van der Waals surface area contributed by atoms with E-state index in [4.69, 9.17) is 5.11 Å². The Morgan fingerprint density at radius 2 is 1.79 bits per heavy atom. The van der Waals surface area contributed by atoms with Gasteiger partial charge in [0.05, 0.1) is 16.6 Å². The van der Waals surface area contributed by atoms with Gasteiger partial charge in [0.2, 0.25) is 17.7 Å². The molecule has 38 heavy (non-hydrogen) atoms. The molecule has 0 radical (unpaired) electrons. The molecule has 1 spiro atoms. The third-order valence-corrected chi connectivity index (χ3v) is 10.4. The van der Waals surface area contributed by atoms with Crippen molar-refractivity contribution in [1.29, 1.82) is 0 Å². The Kier molecular flexibility index (Phi) is 9.63. The lowest BCUT2D eigenvalue weighted by atomic mass is 9.70. The van der Waals surface area contributed by atoms with E-state index < -0.39 is 16.7 Å². The van der Waals surface area contributed by atoms with Crippen LogP contribution in [0.1, 0.15) is 65.7 Å². The molecule has 0 aliphatic carbocycles. The summed E-state index contributed by atoms with van der Waals surface area (Å²) in [5, 5.41) is 15.3. The van der Waals surface area contributed by atoms with Gasteiger partial charge in [0.15, 0.2) is 0 Å². The second-order valence-electron chi connectivity index (χ2n) is 10.7. The van der Waals surface area contributed by atoms with E-state index in [9.17, 15) is 14.4 Å². The lowest BCUT2D eigenvalue weighted by Crippen LogP contribution is -2.51. The first-order valence-corrected chi connectivity index (χ1v) is 15.3. The second-order valence-corrected chi connectivity index (χ2v) is 12.3. The van der Waals surface area contributed by atoms with Gasteiger partial charge >= 0.3 is 0 Å². The third kappa shape index (κ3) is 5.41. The fourth-order valence-corrected chi connectivity index (χ4v) is 8.88. The monoisotopic (exact) mass is 544 g/mol. The van der Waals surface area contributed by atoms with Crippen molar-refractivity contribution in [1.82, 2.24) is 10.2 Å². The number of anilines is 2. The molecule has 2 bridgehead atoms. The van der Waals surface area contributed by atoms with Crippen LogP contribution in [0.25, 0.3) is 0 Å². The molecule has 3 aliphatic heterocycles. The molecular weight excluding hydrogens is 500 g/mol. The number of hydrogen-bond donors (Lipinski definition) is 3. The van der Waals surface area contributed by atoms with Crippen LogP contribution >= 0.6 is 11.8 Å². The fourth-order valence-electron chi connectivity index (χ4n) is 6.66. The van der Waals surface area contributed by atoms with E-state index >= 15 is 0 Å². The Morgan fingerprint density at radius 1 is 1.08 bits per heavy atom. The SMILES string of the molecule is CCCNC(=O)[C@@H]1[C@@H]2CCC3(S2)C(C(=O)Nc2ccc(N(CC)CC)cc2)N(CCCCCCO)C(=O)[C@H]13. The first-order chi connectivity index (χ1) is 18.4. The van der Waals surface area contributed by atoms with Crippen molar-refractivity contribution in [2.24, 2.45) is 11.8 Å². The minimum absolute atomic E-state index is 0.0415. The highest BCUT2D eigenvalue weighted by Gasteiger charge is 2.73. The van der Waals surface area contributed by atoms with E-state index in [1.807, 2.05) is 31.2 Å². The van der Waals surface area contributed by atoms with Crippen LogP contribution in [0.4, 0.5) is 11.4 Å². The van der Waals surface area contributed by atoms with Crippen LogP contribution in [0.15, 0.2) is 24.3 Å². The molecular formula is C29H44N4O4S. The van der Waals surface area contributed by atoms with E-state index in [2.05, 4.69) is 29.4 Å². The van der Waals surface area contributed by atoms with Gasteiger partial charge in [0.1, 0.15) is 6.04 Å². The number of likely N-dealkylation sites (tertiary alicyclic amines) is 1. The molecule has 1 aromatic rings. The summed E-state index contributed by atoms with van der Waals surface area (Å²) in [7, 11) is 0. The molecule has 5 atom stereocenters. The van der Waals surface area contributed by atoms with E-state index in [1.165, 1.54) is 0 Å². The zero-order valence-corrected chi connectivity index (χ0v) is 23.9. The van der Waals surface area contributed by atoms with E-state index in [-0.39, 0.29) is 35.5 Å². The van der Waals surface area contributed by atoms with Crippen molar-refractivity contribution in [3.8, 4) is 0 Å². The van der Waals surface area contributed by atoms with Gasteiger partial charge in [-0.05, 0) is 70.2 Å². The zero-order valence-electron chi connectivity index (χ0n) is 23.1. The Labute approximate surface area is 231 Å². The smallest absolute Gasteiger partial charge is 0.248 e. The topological polar surface area (TPSA) is 102 Å². The van der Waals surface area contributed by atoms with E-state index in [0.717, 1.165) is 69.4 Å². The molecule has 0 saturated carbocycles. The molecule has 3 amide bonds. The number of rotatable bonds is 14. The molecule has 3 aliphatic rings. The van der Waals surface area contributed by atoms with Gasteiger partial charge in [-0.2, -0.15) is 0 Å². The number of carbonyl (C=O) groups is 3. The largest absolute Gasteiger partial charge is 0.396 e. The molecule has 9 heteroatoms. The second kappa shape index (κ2) is 12.7. The van der Waals surface area contributed by atoms with Gasteiger partial charge in [-0.25, -0.2) is 0 Å². The lowest BCUT2D eigenvalue weighted by molar-refractivity contribution is -0.139. The number of hydrogen-bond acceptors (Lipinski definition) is 6. The number of aliphatic hydroxyl groups excluding tert-OH is 1. The lowest BCUT2D eigenvalue weighted by Gasteiger charge is -2.34. The first-order valence-electron chi connectivity index (χ1n) is 14.4. The van der Waals surface area contributed by atoms with Gasteiger partial charge in [-0.15, -0.1) is 11.8 Å². The summed E-state index contributed by atoms with van der Waals surface area (Å²) in [6.07, 6.45) is 5.77. The molecule has 8 nitrogen and oxygen atoms in total. The summed E-state index contributed by atoms with van der Waals surface area (Å²) >= 11 is 1.71. The fraction of sp³-hybridized carbons (Fsp3) is 0.690. The van der Waals surface area contributed by atoms with Crippen LogP contribution in [0.2, 0.25) is 0 Å². The Balaban J connectivity index is 1.57. The normalized spacial score (nSPS) is 27.5. The maximum atomic E-state index is 13.9. The summed E-state index contributed by atoms with van der Waals surface area (Å²) in [6, 6.07) is 7.30. The highest BCUT2D eigenvalue weighted by atomic mass is 32.2. The predicted octanol–water partition coefficient (Wildman–Crippen LogP) is 3.64. The first kappa shape index (κ1) is 28.7. The third-order valence-electron chi connectivity index (χ3n) is 8.47. The van der Waals surface area contributed by atoms with Crippen LogP contribution < -0.4 is 15.5 Å². The van der Waals surface area contributed by atoms with Gasteiger partial charge in [0.25, 0.3) is 0 Å².